The molecule has 0 fully saturated rings. The molecule has 1 heterocycles. The molecule has 2 N–H and O–H groups in total. The van der Waals surface area contributed by atoms with Crippen LogP contribution < -0.4 is 9.61 Å². The number of para-hydroxylation sites is 1. The molecule has 176 valence electrons. The van der Waals surface area contributed by atoms with Crippen molar-refractivity contribution >= 4 is 40.9 Å². The molecule has 3 rings (SSSR count). The van der Waals surface area contributed by atoms with Crippen LogP contribution in [0.15, 0.2) is 54.6 Å². The summed E-state index contributed by atoms with van der Waals surface area (Å²) in [4.78, 5) is 23.4. The number of alkyl halides is 2. The molecule has 3 aromatic rings. The predicted molar refractivity (Wildman–Crippen MR) is 121 cm³/mol. The molecule has 1 aromatic heterocycles. The topological polar surface area (TPSA) is 102 Å². The van der Waals surface area contributed by atoms with Gasteiger partial charge >= 0.3 is 25.1 Å². The molecule has 0 aliphatic rings. The second-order valence-corrected chi connectivity index (χ2v) is 10.4. The van der Waals surface area contributed by atoms with Gasteiger partial charge in [-0.05, 0) is 49.1 Å². The number of ether oxygens (including phenoxy) is 1. The van der Waals surface area contributed by atoms with Gasteiger partial charge in [-0.3, -0.25) is 9.36 Å². The van der Waals surface area contributed by atoms with Crippen LogP contribution in [0.2, 0.25) is 0 Å². The van der Waals surface area contributed by atoms with Gasteiger partial charge in [0.25, 0.3) is 0 Å². The average molecular weight is 497 g/mol. The Morgan fingerprint density at radius 3 is 2.52 bits per heavy atom. The van der Waals surface area contributed by atoms with Crippen LogP contribution in [-0.2, 0) is 19.8 Å². The Morgan fingerprint density at radius 1 is 1.18 bits per heavy atom. The van der Waals surface area contributed by atoms with E-state index in [0.29, 0.717) is 11.1 Å². The molecule has 0 saturated heterocycles. The number of benzene rings is 2. The predicted octanol–water partition coefficient (Wildman–Crippen LogP) is 5.85. The van der Waals surface area contributed by atoms with Gasteiger partial charge in [0.1, 0.15) is 16.7 Å². The van der Waals surface area contributed by atoms with Crippen LogP contribution in [0.3, 0.4) is 0 Å². The first-order valence-corrected chi connectivity index (χ1v) is 12.5. The van der Waals surface area contributed by atoms with Crippen LogP contribution >= 0.6 is 18.9 Å². The van der Waals surface area contributed by atoms with Crippen LogP contribution in [0, 0.1) is 0 Å². The first-order valence-electron chi connectivity index (χ1n) is 10.0. The second kappa shape index (κ2) is 9.99. The monoisotopic (exact) mass is 497 g/mol. The highest BCUT2D eigenvalue weighted by Gasteiger charge is 2.56. The summed E-state index contributed by atoms with van der Waals surface area (Å²) in [6, 6.07) is 10.8. The standard InChI is InChI=1S/C22H22F2NO6PS/c1-3-11-30-21(28)14(2)25-32(29,31-17-7-5-4-6-8-17)22(23,24)16-9-10-18-15(12-16)13-19(33-18)20(26)27/h4-10,12-14H,3,11H2,1-2H3,(H,25,29)(H,26,27)/t14-,32?/m0/s1. The fourth-order valence-corrected chi connectivity index (χ4v) is 5.66. The number of thiophene rings is 1. The molecule has 0 aliphatic heterocycles. The SMILES string of the molecule is CCCOC(=O)[C@H](C)NP(=O)(Oc1ccccc1)C(F)(F)c1ccc2sc(C(=O)O)cc2c1. The molecule has 0 bridgehead atoms. The van der Waals surface area contributed by atoms with Gasteiger partial charge in [-0.2, -0.15) is 8.78 Å². The van der Waals surface area contributed by atoms with E-state index in [9.17, 15) is 14.2 Å². The number of fused-ring (bicyclic) bond motifs is 1. The first-order chi connectivity index (χ1) is 15.6. The third kappa shape index (κ3) is 5.40. The molecule has 2 atom stereocenters. The van der Waals surface area contributed by atoms with E-state index in [-0.39, 0.29) is 22.6 Å². The summed E-state index contributed by atoms with van der Waals surface area (Å²) in [5.41, 5.74) is -4.72. The largest absolute Gasteiger partial charge is 0.477 e. The molecule has 0 amide bonds. The van der Waals surface area contributed by atoms with Crippen molar-refractivity contribution in [3.63, 3.8) is 0 Å². The van der Waals surface area contributed by atoms with Crippen LogP contribution in [-0.4, -0.2) is 29.7 Å². The molecule has 2 aromatic carbocycles. The van der Waals surface area contributed by atoms with Crippen LogP contribution in [0.25, 0.3) is 10.1 Å². The number of carboxylic acid groups (broad SMARTS) is 1. The second-order valence-electron chi connectivity index (χ2n) is 7.18. The smallest absolute Gasteiger partial charge is 0.390 e. The van der Waals surface area contributed by atoms with E-state index < -0.39 is 36.7 Å². The van der Waals surface area contributed by atoms with Crippen molar-refractivity contribution in [2.75, 3.05) is 6.61 Å². The van der Waals surface area contributed by atoms with Gasteiger partial charge in [0.2, 0.25) is 0 Å². The zero-order chi connectivity index (χ0) is 24.2. The summed E-state index contributed by atoms with van der Waals surface area (Å²) in [5.74, 6) is -2.10. The quantitative estimate of drug-likeness (QED) is 0.268. The lowest BCUT2D eigenvalue weighted by Gasteiger charge is -2.30. The fourth-order valence-electron chi connectivity index (χ4n) is 2.94. The molecule has 0 spiro atoms. The van der Waals surface area contributed by atoms with Crippen molar-refractivity contribution in [1.29, 1.82) is 0 Å². The zero-order valence-electron chi connectivity index (χ0n) is 17.8. The summed E-state index contributed by atoms with van der Waals surface area (Å²) in [5, 5.41) is 11.6. The molecule has 7 nitrogen and oxygen atoms in total. The number of halogens is 2. The molecular formula is C22H22F2NO6PS. The van der Waals surface area contributed by atoms with E-state index in [1.165, 1.54) is 43.3 Å². The lowest BCUT2D eigenvalue weighted by molar-refractivity contribution is -0.145. The number of carbonyl (C=O) groups excluding carboxylic acids is 1. The number of aromatic carboxylic acids is 1. The van der Waals surface area contributed by atoms with Crippen molar-refractivity contribution in [2.24, 2.45) is 0 Å². The number of nitrogens with one attached hydrogen (secondary N) is 1. The van der Waals surface area contributed by atoms with Gasteiger partial charge in [-0.15, -0.1) is 11.3 Å². The molecular weight excluding hydrogens is 475 g/mol. The van der Waals surface area contributed by atoms with Gasteiger partial charge < -0.3 is 14.4 Å². The van der Waals surface area contributed by atoms with Gasteiger partial charge in [0.15, 0.2) is 0 Å². The third-order valence-corrected chi connectivity index (χ3v) is 7.88. The van der Waals surface area contributed by atoms with Crippen molar-refractivity contribution < 1.29 is 37.3 Å². The molecule has 0 saturated carbocycles. The Kier molecular flexibility index (Phi) is 7.51. The van der Waals surface area contributed by atoms with Crippen LogP contribution in [0.1, 0.15) is 35.5 Å². The Bertz CT molecular complexity index is 1200. The van der Waals surface area contributed by atoms with E-state index in [0.717, 1.165) is 23.5 Å². The van der Waals surface area contributed by atoms with Gasteiger partial charge in [-0.25, -0.2) is 9.88 Å². The van der Waals surface area contributed by atoms with E-state index in [2.05, 4.69) is 5.09 Å². The van der Waals surface area contributed by atoms with Gasteiger partial charge in [0, 0.05) is 10.3 Å². The fraction of sp³-hybridized carbons (Fsp3) is 0.273. The highest BCUT2D eigenvalue weighted by atomic mass is 32.1. The van der Waals surface area contributed by atoms with E-state index >= 15 is 8.78 Å². The summed E-state index contributed by atoms with van der Waals surface area (Å²) < 4.78 is 55.9. The highest BCUT2D eigenvalue weighted by molar-refractivity contribution is 7.58. The number of hydrogen-bond acceptors (Lipinski definition) is 6. The number of hydrogen-bond donors (Lipinski definition) is 2. The Balaban J connectivity index is 2.02. The molecule has 0 aliphatic carbocycles. The third-order valence-electron chi connectivity index (χ3n) is 4.59. The molecule has 0 radical (unpaired) electrons. The normalized spacial score (nSPS) is 14.4. The Labute approximate surface area is 192 Å². The maximum absolute atomic E-state index is 15.7. The number of rotatable bonds is 10. The van der Waals surface area contributed by atoms with Gasteiger partial charge in [0.05, 0.1) is 6.61 Å². The van der Waals surface area contributed by atoms with Gasteiger partial charge in [-0.1, -0.05) is 31.2 Å². The zero-order valence-corrected chi connectivity index (χ0v) is 19.5. The van der Waals surface area contributed by atoms with E-state index in [1.54, 1.807) is 13.0 Å². The minimum absolute atomic E-state index is 0.0143. The minimum atomic E-state index is -5.10. The summed E-state index contributed by atoms with van der Waals surface area (Å²) in [7, 11) is -5.10. The first kappa shape index (κ1) is 24.8. The van der Waals surface area contributed by atoms with Crippen molar-refractivity contribution in [3.8, 4) is 5.75 Å². The summed E-state index contributed by atoms with van der Waals surface area (Å²) in [6.45, 7) is 3.13. The molecule has 11 heteroatoms. The lowest BCUT2D eigenvalue weighted by Crippen LogP contribution is -2.39. The number of carboxylic acids is 1. The van der Waals surface area contributed by atoms with Crippen molar-refractivity contribution in [1.82, 2.24) is 5.09 Å². The average Bonchev–Trinajstić information content (AvgIpc) is 3.21. The number of carbonyl (C=O) groups is 2. The van der Waals surface area contributed by atoms with Crippen molar-refractivity contribution in [2.45, 2.75) is 32.0 Å². The van der Waals surface area contributed by atoms with E-state index in [4.69, 9.17) is 14.4 Å². The minimum Gasteiger partial charge on any atom is -0.477 e. The molecule has 1 unspecified atom stereocenters. The highest BCUT2D eigenvalue weighted by Crippen LogP contribution is 2.63. The summed E-state index contributed by atoms with van der Waals surface area (Å²) in [6.07, 6.45) is 0.534. The Morgan fingerprint density at radius 2 is 1.88 bits per heavy atom. The number of esters is 1. The maximum Gasteiger partial charge on any atom is 0.390 e. The van der Waals surface area contributed by atoms with E-state index in [1.807, 2.05) is 0 Å². The molecule has 33 heavy (non-hydrogen) atoms. The van der Waals surface area contributed by atoms with Crippen LogP contribution in [0.4, 0.5) is 8.78 Å². The lowest BCUT2D eigenvalue weighted by atomic mass is 10.1. The maximum atomic E-state index is 15.7. The van der Waals surface area contributed by atoms with Crippen LogP contribution in [0.5, 0.6) is 5.75 Å². The Hall–Kier alpha value is -2.81. The summed E-state index contributed by atoms with van der Waals surface area (Å²) >= 11 is 0.935. The van der Waals surface area contributed by atoms with Crippen molar-refractivity contribution in [3.05, 3.63) is 65.0 Å².